The minimum atomic E-state index is -1.71. The van der Waals surface area contributed by atoms with E-state index in [0.717, 1.165) is 17.3 Å². The molecule has 7 heteroatoms. The Kier molecular flexibility index (Phi) is 7.62. The molecule has 0 aliphatic carbocycles. The normalized spacial score (nSPS) is 12.2. The average Bonchev–Trinajstić information content (AvgIpc) is 2.83. The van der Waals surface area contributed by atoms with Crippen molar-refractivity contribution >= 4 is 11.9 Å². The van der Waals surface area contributed by atoms with Crippen molar-refractivity contribution in [1.29, 1.82) is 0 Å². The Hall–Kier alpha value is -3.61. The predicted molar refractivity (Wildman–Crippen MR) is 135 cm³/mol. The highest BCUT2D eigenvalue weighted by Crippen LogP contribution is 2.40. The van der Waals surface area contributed by atoms with E-state index in [1.54, 1.807) is 6.07 Å². The topological polar surface area (TPSA) is 41.8 Å². The maximum absolute atomic E-state index is 14.6. The fourth-order valence-corrected chi connectivity index (χ4v) is 3.83. The summed E-state index contributed by atoms with van der Waals surface area (Å²) in [5.74, 6) is -8.16. The SMILES string of the molecule is C=CCOc1c(F)c(F)c(N=Cc2cc(C(C)(C)c3ccccc3)cc(C(C)(C)C)c2O)c(F)c1F. The number of phenols is 1. The minimum Gasteiger partial charge on any atom is -0.507 e. The molecule has 0 unspecified atom stereocenters. The molecular formula is C29H29F4NO2. The molecule has 0 spiro atoms. The van der Waals surface area contributed by atoms with Gasteiger partial charge in [-0.25, -0.2) is 13.8 Å². The second kappa shape index (κ2) is 10.2. The van der Waals surface area contributed by atoms with E-state index in [4.69, 9.17) is 4.74 Å². The van der Waals surface area contributed by atoms with Crippen molar-refractivity contribution in [3.8, 4) is 11.5 Å². The van der Waals surface area contributed by atoms with Gasteiger partial charge in [0.25, 0.3) is 0 Å². The van der Waals surface area contributed by atoms with Gasteiger partial charge in [0, 0.05) is 22.8 Å². The van der Waals surface area contributed by atoms with Gasteiger partial charge in [-0.05, 0) is 22.6 Å². The van der Waals surface area contributed by atoms with Gasteiger partial charge in [-0.2, -0.15) is 8.78 Å². The van der Waals surface area contributed by atoms with Crippen LogP contribution in [0.5, 0.6) is 11.5 Å². The standard InChI is InChI=1S/C29H29F4NO2/c1-7-13-36-27-23(32)21(30)25(22(31)24(27)33)34-16-17-14-19(15-20(26(17)35)28(2,3)4)29(5,6)18-11-9-8-10-12-18/h7-12,14-16,35H,1,13H2,2-6H3. The zero-order valence-corrected chi connectivity index (χ0v) is 20.9. The molecule has 3 aromatic rings. The zero-order chi connectivity index (χ0) is 26.8. The Labute approximate surface area is 208 Å². The molecular weight excluding hydrogens is 470 g/mol. The molecule has 0 aromatic heterocycles. The molecule has 1 N–H and O–H groups in total. The summed E-state index contributed by atoms with van der Waals surface area (Å²) in [4.78, 5) is 3.71. The fourth-order valence-electron chi connectivity index (χ4n) is 3.83. The first-order valence-corrected chi connectivity index (χ1v) is 11.4. The number of ether oxygens (including phenoxy) is 1. The van der Waals surface area contributed by atoms with Crippen molar-refractivity contribution in [2.45, 2.75) is 45.4 Å². The van der Waals surface area contributed by atoms with Crippen LogP contribution in [0.25, 0.3) is 0 Å². The monoisotopic (exact) mass is 499 g/mol. The molecule has 0 radical (unpaired) electrons. The van der Waals surface area contributed by atoms with Crippen LogP contribution < -0.4 is 4.74 Å². The Morgan fingerprint density at radius 1 is 0.889 bits per heavy atom. The predicted octanol–water partition coefficient (Wildman–Crippen LogP) is 7.89. The van der Waals surface area contributed by atoms with Crippen LogP contribution in [-0.2, 0) is 10.8 Å². The second-order valence-corrected chi connectivity index (χ2v) is 9.99. The van der Waals surface area contributed by atoms with E-state index in [1.807, 2.05) is 71.0 Å². The summed E-state index contributed by atoms with van der Waals surface area (Å²) in [5, 5.41) is 11.0. The third kappa shape index (κ3) is 5.15. The van der Waals surface area contributed by atoms with Gasteiger partial charge in [-0.15, -0.1) is 0 Å². The van der Waals surface area contributed by atoms with Crippen LogP contribution in [0.4, 0.5) is 23.2 Å². The quantitative estimate of drug-likeness (QED) is 0.155. The van der Waals surface area contributed by atoms with Gasteiger partial charge >= 0.3 is 0 Å². The van der Waals surface area contributed by atoms with Crippen LogP contribution in [0.3, 0.4) is 0 Å². The number of aliphatic imine (C=N–C) groups is 1. The lowest BCUT2D eigenvalue weighted by molar-refractivity contribution is 0.303. The summed E-state index contributed by atoms with van der Waals surface area (Å²) in [6, 6.07) is 13.2. The second-order valence-electron chi connectivity index (χ2n) is 9.99. The lowest BCUT2D eigenvalue weighted by Gasteiger charge is -2.30. The molecule has 0 aliphatic heterocycles. The number of benzene rings is 3. The molecule has 0 saturated heterocycles. The van der Waals surface area contributed by atoms with Crippen molar-refractivity contribution in [3.63, 3.8) is 0 Å². The minimum absolute atomic E-state index is 0.146. The molecule has 190 valence electrons. The highest BCUT2D eigenvalue weighted by Gasteiger charge is 2.29. The van der Waals surface area contributed by atoms with E-state index in [-0.39, 0.29) is 17.9 Å². The van der Waals surface area contributed by atoms with E-state index >= 15 is 0 Å². The van der Waals surface area contributed by atoms with Crippen LogP contribution in [0, 0.1) is 23.3 Å². The molecule has 0 aliphatic rings. The molecule has 3 aromatic carbocycles. The number of rotatable bonds is 7. The first-order chi connectivity index (χ1) is 16.8. The smallest absolute Gasteiger partial charge is 0.206 e. The van der Waals surface area contributed by atoms with Crippen LogP contribution in [0.2, 0.25) is 0 Å². The molecule has 3 nitrogen and oxygen atoms in total. The van der Waals surface area contributed by atoms with Crippen LogP contribution in [0.15, 0.2) is 60.1 Å². The Morgan fingerprint density at radius 2 is 1.47 bits per heavy atom. The molecule has 0 fully saturated rings. The summed E-state index contributed by atoms with van der Waals surface area (Å²) < 4.78 is 62.8. The highest BCUT2D eigenvalue weighted by atomic mass is 19.2. The Balaban J connectivity index is 2.18. The van der Waals surface area contributed by atoms with Crippen molar-refractivity contribution in [2.24, 2.45) is 4.99 Å². The largest absolute Gasteiger partial charge is 0.507 e. The summed E-state index contributed by atoms with van der Waals surface area (Å²) in [7, 11) is 0. The average molecular weight is 500 g/mol. The Bertz CT molecular complexity index is 1280. The molecule has 36 heavy (non-hydrogen) atoms. The van der Waals surface area contributed by atoms with E-state index < -0.39 is 45.5 Å². The van der Waals surface area contributed by atoms with Gasteiger partial charge < -0.3 is 9.84 Å². The van der Waals surface area contributed by atoms with Crippen molar-refractivity contribution < 1.29 is 27.4 Å². The van der Waals surface area contributed by atoms with Gasteiger partial charge in [0.2, 0.25) is 11.6 Å². The maximum atomic E-state index is 14.6. The molecule has 0 heterocycles. The third-order valence-electron chi connectivity index (χ3n) is 6.04. The summed E-state index contributed by atoms with van der Waals surface area (Å²) in [6.45, 7) is 12.7. The molecule has 0 atom stereocenters. The third-order valence-corrected chi connectivity index (χ3v) is 6.04. The molecule has 0 amide bonds. The van der Waals surface area contributed by atoms with Crippen LogP contribution in [0.1, 0.15) is 56.9 Å². The number of nitrogens with zero attached hydrogens (tertiary/aromatic N) is 1. The van der Waals surface area contributed by atoms with Gasteiger partial charge in [0.05, 0.1) is 0 Å². The van der Waals surface area contributed by atoms with E-state index in [2.05, 4.69) is 11.6 Å². The maximum Gasteiger partial charge on any atom is 0.206 e. The van der Waals surface area contributed by atoms with Crippen LogP contribution in [-0.4, -0.2) is 17.9 Å². The lowest BCUT2D eigenvalue weighted by Crippen LogP contribution is -2.21. The number of hydrogen-bond acceptors (Lipinski definition) is 3. The number of phenolic OH excluding ortho intramolecular Hbond substituents is 1. The number of halogens is 4. The van der Waals surface area contributed by atoms with Crippen molar-refractivity contribution in [2.75, 3.05) is 6.61 Å². The number of aromatic hydroxyl groups is 1. The molecule has 0 saturated carbocycles. The highest BCUT2D eigenvalue weighted by molar-refractivity contribution is 5.87. The molecule has 3 rings (SSSR count). The Morgan fingerprint density at radius 3 is 2.00 bits per heavy atom. The number of hydrogen-bond donors (Lipinski definition) is 1. The zero-order valence-electron chi connectivity index (χ0n) is 20.9. The first kappa shape index (κ1) is 27.0. The summed E-state index contributed by atoms with van der Waals surface area (Å²) >= 11 is 0. The van der Waals surface area contributed by atoms with Gasteiger partial charge in [0.15, 0.2) is 17.4 Å². The van der Waals surface area contributed by atoms with E-state index in [9.17, 15) is 22.7 Å². The van der Waals surface area contributed by atoms with Gasteiger partial charge in [-0.3, -0.25) is 0 Å². The van der Waals surface area contributed by atoms with E-state index in [0.29, 0.717) is 5.56 Å². The van der Waals surface area contributed by atoms with Crippen molar-refractivity contribution in [3.05, 3.63) is 101 Å². The first-order valence-electron chi connectivity index (χ1n) is 11.4. The van der Waals surface area contributed by atoms with Crippen molar-refractivity contribution in [1.82, 2.24) is 0 Å². The summed E-state index contributed by atoms with van der Waals surface area (Å²) in [6.07, 6.45) is 2.18. The van der Waals surface area contributed by atoms with Gasteiger partial charge in [-0.1, -0.05) is 83.7 Å². The summed E-state index contributed by atoms with van der Waals surface area (Å²) in [5.41, 5.74) is 0.384. The fraction of sp³-hybridized carbons (Fsp3) is 0.276. The molecule has 0 bridgehead atoms. The van der Waals surface area contributed by atoms with E-state index in [1.165, 1.54) is 6.08 Å². The van der Waals surface area contributed by atoms with Crippen LogP contribution >= 0.6 is 0 Å². The van der Waals surface area contributed by atoms with Gasteiger partial charge in [0.1, 0.15) is 18.0 Å². The lowest BCUT2D eigenvalue weighted by atomic mass is 9.74.